The maximum absolute atomic E-state index is 13.6. The number of carbonyl (C=O) groups is 2. The molecule has 1 unspecified atom stereocenters. The van der Waals surface area contributed by atoms with Crippen molar-refractivity contribution in [1.29, 1.82) is 0 Å². The summed E-state index contributed by atoms with van der Waals surface area (Å²) in [7, 11) is 6.25. The quantitative estimate of drug-likeness (QED) is 0.199. The smallest absolute Gasteiger partial charge is 0.178 e. The molecule has 0 fully saturated rings. The standard InChI is InChI=1S/2C24H26O7/c1-24(2,11-25)20-8-14-15(30-20)6-5-12-22(26)21-13-7-17(27-3)18(28-4)9-16(13)29-10-19(21)31-23(12)14;1-5-24(2,26)20-9-14-15(30-20)7-6-12-22(25)21-13-8-17(27-3)18(28-4)10-16(13)29-11-19(21)31-23(12)14/h5-7,9,19-21,25H,8,10-11H2,1-4H3;6-8,10,19-21,26H,5,9,11H2,1-4H3/t19-,20-,21+;19-,20-,21+,24?/m11/s1. The largest absolute Gasteiger partial charge is 0.493 e. The number of benzene rings is 4. The molecule has 0 aliphatic carbocycles. The average molecular weight is 853 g/mol. The molecule has 6 aliphatic heterocycles. The van der Waals surface area contributed by atoms with Crippen molar-refractivity contribution in [3.63, 3.8) is 0 Å². The maximum Gasteiger partial charge on any atom is 0.178 e. The third-order valence-corrected chi connectivity index (χ3v) is 13.3. The highest BCUT2D eigenvalue weighted by Gasteiger charge is 2.49. The van der Waals surface area contributed by atoms with E-state index in [-0.39, 0.29) is 43.6 Å². The predicted molar refractivity (Wildman–Crippen MR) is 224 cm³/mol. The minimum absolute atomic E-state index is 0.00399. The van der Waals surface area contributed by atoms with Gasteiger partial charge in [0.15, 0.2) is 34.6 Å². The first-order valence-electron chi connectivity index (χ1n) is 20.9. The van der Waals surface area contributed by atoms with E-state index in [9.17, 15) is 19.8 Å². The number of rotatable bonds is 8. The van der Waals surface area contributed by atoms with Crippen LogP contribution in [0.15, 0.2) is 48.5 Å². The van der Waals surface area contributed by atoms with Crippen LogP contribution in [0.2, 0.25) is 0 Å². The molecule has 328 valence electrons. The van der Waals surface area contributed by atoms with Crippen LogP contribution in [0.4, 0.5) is 0 Å². The Kier molecular flexibility index (Phi) is 10.4. The summed E-state index contributed by atoms with van der Waals surface area (Å²) in [5.74, 6) is 4.88. The fourth-order valence-electron chi connectivity index (χ4n) is 9.24. The highest BCUT2D eigenvalue weighted by molar-refractivity contribution is 6.06. The number of aliphatic hydroxyl groups is 2. The molecule has 4 aromatic rings. The third kappa shape index (κ3) is 6.61. The second kappa shape index (κ2) is 15.5. The van der Waals surface area contributed by atoms with Gasteiger partial charge in [-0.3, -0.25) is 9.59 Å². The summed E-state index contributed by atoms with van der Waals surface area (Å²) in [6.45, 7) is 8.14. The van der Waals surface area contributed by atoms with E-state index in [1.165, 1.54) is 0 Å². The van der Waals surface area contributed by atoms with Crippen LogP contribution in [0.1, 0.15) is 88.9 Å². The van der Waals surface area contributed by atoms with E-state index < -0.39 is 35.1 Å². The van der Waals surface area contributed by atoms with E-state index in [0.29, 0.717) is 87.9 Å². The van der Waals surface area contributed by atoms with E-state index >= 15 is 0 Å². The van der Waals surface area contributed by atoms with Gasteiger partial charge in [0.1, 0.15) is 72.1 Å². The normalized spacial score (nSPS) is 24.2. The van der Waals surface area contributed by atoms with Gasteiger partial charge >= 0.3 is 0 Å². The summed E-state index contributed by atoms with van der Waals surface area (Å²) in [5.41, 5.74) is 2.89. The van der Waals surface area contributed by atoms with Crippen molar-refractivity contribution in [3.8, 4) is 57.5 Å². The molecule has 14 heteroatoms. The zero-order valence-corrected chi connectivity index (χ0v) is 36.1. The molecule has 14 nitrogen and oxygen atoms in total. The van der Waals surface area contributed by atoms with Crippen molar-refractivity contribution >= 4 is 11.6 Å². The van der Waals surface area contributed by atoms with Crippen LogP contribution >= 0.6 is 0 Å². The number of carbonyl (C=O) groups excluding carboxylic acids is 2. The fourth-order valence-corrected chi connectivity index (χ4v) is 9.24. The van der Waals surface area contributed by atoms with Crippen LogP contribution in [0.5, 0.6) is 57.5 Å². The maximum atomic E-state index is 13.6. The lowest BCUT2D eigenvalue weighted by molar-refractivity contribution is -0.0406. The molecule has 10 rings (SSSR count). The van der Waals surface area contributed by atoms with Gasteiger partial charge in [-0.25, -0.2) is 0 Å². The minimum atomic E-state index is -0.963. The first kappa shape index (κ1) is 41.5. The minimum Gasteiger partial charge on any atom is -0.493 e. The highest BCUT2D eigenvalue weighted by atomic mass is 16.6. The van der Waals surface area contributed by atoms with Crippen LogP contribution in [-0.4, -0.2) is 100 Å². The van der Waals surface area contributed by atoms with Gasteiger partial charge in [-0.2, -0.15) is 0 Å². The Hall–Kier alpha value is -5.86. The van der Waals surface area contributed by atoms with E-state index in [2.05, 4.69) is 0 Å². The molecule has 6 aliphatic rings. The third-order valence-electron chi connectivity index (χ3n) is 13.3. The summed E-state index contributed by atoms with van der Waals surface area (Å²) in [5, 5.41) is 20.4. The molecule has 0 spiro atoms. The lowest BCUT2D eigenvalue weighted by atomic mass is 9.80. The van der Waals surface area contributed by atoms with Gasteiger partial charge in [0, 0.05) is 52.6 Å². The molecule has 0 radical (unpaired) electrons. The van der Waals surface area contributed by atoms with Crippen molar-refractivity contribution in [2.45, 2.75) is 88.8 Å². The predicted octanol–water partition coefficient (Wildman–Crippen LogP) is 6.43. The Morgan fingerprint density at radius 3 is 1.45 bits per heavy atom. The number of ether oxygens (including phenoxy) is 10. The van der Waals surface area contributed by atoms with Gasteiger partial charge < -0.3 is 57.6 Å². The van der Waals surface area contributed by atoms with Gasteiger partial charge in [0.2, 0.25) is 0 Å². The molecule has 0 saturated heterocycles. The zero-order chi connectivity index (χ0) is 43.8. The monoisotopic (exact) mass is 852 g/mol. The van der Waals surface area contributed by atoms with Crippen LogP contribution in [0.25, 0.3) is 0 Å². The number of fused-ring (bicyclic) bond motifs is 12. The van der Waals surface area contributed by atoms with Gasteiger partial charge in [-0.05, 0) is 49.7 Å². The molecule has 0 saturated carbocycles. The number of aliphatic hydroxyl groups excluding tert-OH is 1. The SMILES string of the molecule is CCC(C)(O)[C@H]1Cc2c(ccc3c2O[C@@H]2COc4cc(OC)c(OC)cc4[C@@H]2C3=O)O1.COc1cc2c(cc1OC)[C@@H]1C(=O)c3ccc4c(c3O[C@@H]1CO2)C[C@H](C(C)(C)CO)O4. The number of hydrogen-bond donors (Lipinski definition) is 2. The lowest BCUT2D eigenvalue weighted by Crippen LogP contribution is -2.43. The molecule has 4 aromatic carbocycles. The van der Waals surface area contributed by atoms with Crippen LogP contribution in [0.3, 0.4) is 0 Å². The Labute approximate surface area is 359 Å². The van der Waals surface area contributed by atoms with E-state index in [1.54, 1.807) is 77.8 Å². The molecule has 2 N–H and O–H groups in total. The molecule has 6 heterocycles. The van der Waals surface area contributed by atoms with E-state index in [1.807, 2.05) is 26.8 Å². The van der Waals surface area contributed by atoms with E-state index in [4.69, 9.17) is 47.4 Å². The van der Waals surface area contributed by atoms with Crippen LogP contribution < -0.4 is 47.4 Å². The second-order valence-electron chi connectivity index (χ2n) is 17.4. The summed E-state index contributed by atoms with van der Waals surface area (Å²) in [4.78, 5) is 27.2. The second-order valence-corrected chi connectivity index (χ2v) is 17.4. The van der Waals surface area contributed by atoms with Crippen molar-refractivity contribution in [3.05, 3.63) is 81.9 Å². The summed E-state index contributed by atoms with van der Waals surface area (Å²) < 4.78 is 58.3. The summed E-state index contributed by atoms with van der Waals surface area (Å²) in [6.07, 6.45) is 0.177. The highest BCUT2D eigenvalue weighted by Crippen LogP contribution is 2.52. The molecule has 0 bridgehead atoms. The molecule has 62 heavy (non-hydrogen) atoms. The summed E-state index contributed by atoms with van der Waals surface area (Å²) >= 11 is 0. The molecular formula is C48H52O14. The Morgan fingerprint density at radius 2 is 1.03 bits per heavy atom. The average Bonchev–Trinajstić information content (AvgIpc) is 3.95. The molecular weight excluding hydrogens is 801 g/mol. The molecule has 0 aromatic heterocycles. The Morgan fingerprint density at radius 1 is 0.613 bits per heavy atom. The summed E-state index contributed by atoms with van der Waals surface area (Å²) in [6, 6.07) is 14.3. The number of methoxy groups -OCH3 is 4. The number of Topliss-reactive ketones (excluding diaryl/α,β-unsaturated/α-hetero) is 2. The van der Waals surface area contributed by atoms with Crippen LogP contribution in [0, 0.1) is 5.41 Å². The topological polar surface area (TPSA) is 167 Å². The first-order chi connectivity index (χ1) is 29.7. The van der Waals surface area contributed by atoms with Gasteiger partial charge in [0.05, 0.1) is 63.6 Å². The molecule has 0 amide bonds. The molecule has 7 atom stereocenters. The fraction of sp³-hybridized carbons (Fsp3) is 0.458. The number of hydrogen-bond acceptors (Lipinski definition) is 14. The van der Waals surface area contributed by atoms with Crippen molar-refractivity contribution in [2.75, 3.05) is 48.3 Å². The first-order valence-corrected chi connectivity index (χ1v) is 20.9. The van der Waals surface area contributed by atoms with Gasteiger partial charge in [-0.15, -0.1) is 0 Å². The zero-order valence-electron chi connectivity index (χ0n) is 36.1. The van der Waals surface area contributed by atoms with Crippen molar-refractivity contribution in [2.24, 2.45) is 5.41 Å². The van der Waals surface area contributed by atoms with Gasteiger partial charge in [-0.1, -0.05) is 20.8 Å². The number of ketones is 2. The van der Waals surface area contributed by atoms with Crippen LogP contribution in [-0.2, 0) is 12.8 Å². The van der Waals surface area contributed by atoms with Gasteiger partial charge in [0.25, 0.3) is 0 Å². The lowest BCUT2D eigenvalue weighted by Gasteiger charge is -2.37. The Balaban J connectivity index is 0.000000158. The Bertz CT molecular complexity index is 2290. The van der Waals surface area contributed by atoms with E-state index in [0.717, 1.165) is 22.3 Å². The van der Waals surface area contributed by atoms with Crippen molar-refractivity contribution < 1.29 is 67.2 Å². The van der Waals surface area contributed by atoms with Crippen molar-refractivity contribution in [1.82, 2.24) is 0 Å².